The molecule has 260 valence electrons. The van der Waals surface area contributed by atoms with Gasteiger partial charge in [0.05, 0.1) is 5.69 Å². The fourth-order valence-corrected chi connectivity index (χ4v) is 7.42. The van der Waals surface area contributed by atoms with Crippen molar-refractivity contribution in [3.63, 3.8) is 0 Å². The summed E-state index contributed by atoms with van der Waals surface area (Å²) in [7, 11) is 0. The summed E-state index contributed by atoms with van der Waals surface area (Å²) in [5, 5.41) is 0. The largest absolute Gasteiger partial charge is 0.310 e. The average molecular weight is 702 g/mol. The van der Waals surface area contributed by atoms with E-state index >= 15 is 0 Å². The van der Waals surface area contributed by atoms with E-state index in [-0.39, 0.29) is 0 Å². The summed E-state index contributed by atoms with van der Waals surface area (Å²) in [6.45, 7) is 0. The lowest BCUT2D eigenvalue weighted by molar-refractivity contribution is 1.28. The molecule has 0 radical (unpaired) electrons. The van der Waals surface area contributed by atoms with Crippen molar-refractivity contribution in [3.05, 3.63) is 237 Å². The van der Waals surface area contributed by atoms with Crippen LogP contribution in [0.25, 0.3) is 66.8 Å². The highest BCUT2D eigenvalue weighted by Crippen LogP contribution is 2.44. The number of nitrogens with zero attached hydrogens (tertiary/aromatic N) is 1. The summed E-state index contributed by atoms with van der Waals surface area (Å²) in [6, 6.07) is 85.0. The molecule has 0 N–H and O–H groups in total. The van der Waals surface area contributed by atoms with E-state index in [1.807, 2.05) is 0 Å². The Bertz CT molecular complexity index is 2630. The normalized spacial score (nSPS) is 10.9. The van der Waals surface area contributed by atoms with Crippen LogP contribution in [0, 0.1) is 0 Å². The van der Waals surface area contributed by atoms with Crippen LogP contribution in [0.5, 0.6) is 0 Å². The van der Waals surface area contributed by atoms with Gasteiger partial charge in [-0.2, -0.15) is 0 Å². The van der Waals surface area contributed by atoms with Gasteiger partial charge in [0.2, 0.25) is 0 Å². The van der Waals surface area contributed by atoms with Crippen molar-refractivity contribution >= 4 is 17.1 Å². The van der Waals surface area contributed by atoms with Crippen LogP contribution in [-0.4, -0.2) is 0 Å². The van der Waals surface area contributed by atoms with E-state index in [1.165, 1.54) is 61.2 Å². The Morgan fingerprint density at radius 1 is 0.200 bits per heavy atom. The maximum atomic E-state index is 2.39. The summed E-state index contributed by atoms with van der Waals surface area (Å²) in [4.78, 5) is 2.39. The molecule has 0 heterocycles. The van der Waals surface area contributed by atoms with Crippen molar-refractivity contribution in [3.8, 4) is 66.8 Å². The van der Waals surface area contributed by atoms with E-state index in [2.05, 4.69) is 241 Å². The highest BCUT2D eigenvalue weighted by molar-refractivity contribution is 5.91. The molecule has 0 aliphatic rings. The van der Waals surface area contributed by atoms with Crippen LogP contribution < -0.4 is 4.90 Å². The summed E-state index contributed by atoms with van der Waals surface area (Å²) >= 11 is 0. The minimum Gasteiger partial charge on any atom is -0.310 e. The maximum Gasteiger partial charge on any atom is 0.0540 e. The minimum atomic E-state index is 1.09. The standard InChI is InChI=1S/C54H39N/c1-5-14-40(15-6-1)43-24-26-44(27-25-43)46-30-35-52(36-31-46)55(51-33-28-45(29-34-51)41-16-7-2-8-17-41)54-37-32-50(39-53(54)47-20-11-4-12-21-47)49-23-13-22-48(38-49)42-18-9-3-10-19-42/h1-39H. The fraction of sp³-hybridized carbons (Fsp3) is 0. The van der Waals surface area contributed by atoms with Crippen LogP contribution >= 0.6 is 0 Å². The van der Waals surface area contributed by atoms with Gasteiger partial charge in [-0.1, -0.05) is 194 Å². The van der Waals surface area contributed by atoms with E-state index in [9.17, 15) is 0 Å². The van der Waals surface area contributed by atoms with E-state index in [0.29, 0.717) is 0 Å². The van der Waals surface area contributed by atoms with E-state index in [0.717, 1.165) is 22.6 Å². The Labute approximate surface area is 324 Å². The maximum absolute atomic E-state index is 2.39. The Morgan fingerprint density at radius 2 is 0.491 bits per heavy atom. The summed E-state index contributed by atoms with van der Waals surface area (Å²) in [5.41, 5.74) is 17.6. The van der Waals surface area contributed by atoms with Crippen LogP contribution in [0.4, 0.5) is 17.1 Å². The molecule has 0 amide bonds. The molecule has 1 heteroatoms. The first kappa shape index (κ1) is 33.6. The van der Waals surface area contributed by atoms with Gasteiger partial charge in [0.15, 0.2) is 0 Å². The number of anilines is 3. The van der Waals surface area contributed by atoms with E-state index < -0.39 is 0 Å². The molecule has 55 heavy (non-hydrogen) atoms. The Hall–Kier alpha value is -7.22. The lowest BCUT2D eigenvalue weighted by atomic mass is 9.94. The van der Waals surface area contributed by atoms with Gasteiger partial charge in [-0.3, -0.25) is 0 Å². The molecule has 0 unspecified atom stereocenters. The van der Waals surface area contributed by atoms with Crippen molar-refractivity contribution in [1.29, 1.82) is 0 Å². The quantitative estimate of drug-likeness (QED) is 0.145. The average Bonchev–Trinajstić information content (AvgIpc) is 3.28. The summed E-state index contributed by atoms with van der Waals surface area (Å²) in [6.07, 6.45) is 0. The molecule has 0 atom stereocenters. The van der Waals surface area contributed by atoms with Crippen LogP contribution in [0.1, 0.15) is 0 Å². The molecule has 0 aliphatic carbocycles. The highest BCUT2D eigenvalue weighted by Gasteiger charge is 2.19. The molecule has 9 rings (SSSR count). The molecule has 0 saturated carbocycles. The molecule has 0 fully saturated rings. The second-order valence-corrected chi connectivity index (χ2v) is 13.8. The molecule has 0 aliphatic heterocycles. The SMILES string of the molecule is c1ccc(-c2ccc(-c3ccc(N(c4ccc(-c5ccccc5)cc4)c4ccc(-c5cccc(-c6ccccc6)c5)cc4-c4ccccc4)cc3)cc2)cc1. The van der Waals surface area contributed by atoms with Crippen LogP contribution in [-0.2, 0) is 0 Å². The van der Waals surface area contributed by atoms with E-state index in [1.54, 1.807) is 0 Å². The Morgan fingerprint density at radius 3 is 0.927 bits per heavy atom. The van der Waals surface area contributed by atoms with Crippen molar-refractivity contribution < 1.29 is 0 Å². The minimum absolute atomic E-state index is 1.09. The zero-order chi connectivity index (χ0) is 36.8. The van der Waals surface area contributed by atoms with Gasteiger partial charge in [0.25, 0.3) is 0 Å². The smallest absolute Gasteiger partial charge is 0.0540 e. The Balaban J connectivity index is 1.14. The third kappa shape index (κ3) is 7.25. The highest BCUT2D eigenvalue weighted by atomic mass is 15.1. The van der Waals surface area contributed by atoms with Crippen LogP contribution in [0.15, 0.2) is 237 Å². The molecule has 9 aromatic carbocycles. The molecule has 0 bridgehead atoms. The predicted octanol–water partition coefficient (Wildman–Crippen LogP) is 15.2. The topological polar surface area (TPSA) is 3.24 Å². The molecule has 0 spiro atoms. The zero-order valence-corrected chi connectivity index (χ0v) is 30.5. The van der Waals surface area contributed by atoms with Crippen molar-refractivity contribution in [2.45, 2.75) is 0 Å². The third-order valence-corrected chi connectivity index (χ3v) is 10.3. The second kappa shape index (κ2) is 15.4. The molecule has 0 aromatic heterocycles. The monoisotopic (exact) mass is 701 g/mol. The van der Waals surface area contributed by atoms with E-state index in [4.69, 9.17) is 0 Å². The first-order valence-electron chi connectivity index (χ1n) is 18.8. The number of benzene rings is 9. The molecular weight excluding hydrogens is 663 g/mol. The number of rotatable bonds is 9. The molecule has 9 aromatic rings. The molecule has 1 nitrogen and oxygen atoms in total. The molecule has 0 saturated heterocycles. The van der Waals surface area contributed by atoms with Gasteiger partial charge in [-0.25, -0.2) is 0 Å². The lowest BCUT2D eigenvalue weighted by Gasteiger charge is -2.29. The lowest BCUT2D eigenvalue weighted by Crippen LogP contribution is -2.11. The first-order valence-corrected chi connectivity index (χ1v) is 18.8. The Kier molecular flexibility index (Phi) is 9.41. The van der Waals surface area contributed by atoms with Gasteiger partial charge in [-0.15, -0.1) is 0 Å². The summed E-state index contributed by atoms with van der Waals surface area (Å²) in [5.74, 6) is 0. The van der Waals surface area contributed by atoms with Gasteiger partial charge < -0.3 is 4.90 Å². The van der Waals surface area contributed by atoms with Crippen molar-refractivity contribution in [2.75, 3.05) is 4.90 Å². The van der Waals surface area contributed by atoms with Crippen molar-refractivity contribution in [2.24, 2.45) is 0 Å². The molecular formula is C54H39N. The third-order valence-electron chi connectivity index (χ3n) is 10.3. The second-order valence-electron chi connectivity index (χ2n) is 13.8. The van der Waals surface area contributed by atoms with Gasteiger partial charge in [-0.05, 0) is 104 Å². The number of hydrogen-bond donors (Lipinski definition) is 0. The van der Waals surface area contributed by atoms with Gasteiger partial charge in [0.1, 0.15) is 0 Å². The van der Waals surface area contributed by atoms with Crippen molar-refractivity contribution in [1.82, 2.24) is 0 Å². The van der Waals surface area contributed by atoms with Gasteiger partial charge in [0, 0.05) is 16.9 Å². The fourth-order valence-electron chi connectivity index (χ4n) is 7.42. The summed E-state index contributed by atoms with van der Waals surface area (Å²) < 4.78 is 0. The first-order chi connectivity index (χ1) is 27.3. The number of hydrogen-bond acceptors (Lipinski definition) is 1. The van der Waals surface area contributed by atoms with Gasteiger partial charge >= 0.3 is 0 Å². The van der Waals surface area contributed by atoms with Crippen LogP contribution in [0.3, 0.4) is 0 Å². The predicted molar refractivity (Wildman–Crippen MR) is 234 cm³/mol. The van der Waals surface area contributed by atoms with Crippen LogP contribution in [0.2, 0.25) is 0 Å². The zero-order valence-electron chi connectivity index (χ0n) is 30.5.